The summed E-state index contributed by atoms with van der Waals surface area (Å²) in [5.74, 6) is 0. The summed E-state index contributed by atoms with van der Waals surface area (Å²) < 4.78 is 1.23. The molecule has 1 nitrogen and oxygen atoms in total. The van der Waals surface area contributed by atoms with Gasteiger partial charge in [-0.1, -0.05) is 6.92 Å². The fourth-order valence-electron chi connectivity index (χ4n) is 0.834. The monoisotopic (exact) mass is 233 g/mol. The zero-order chi connectivity index (χ0) is 8.10. The molecule has 0 bridgehead atoms. The van der Waals surface area contributed by atoms with Crippen molar-refractivity contribution in [1.82, 2.24) is 5.32 Å². The lowest BCUT2D eigenvalue weighted by Gasteiger charge is -2.00. The highest BCUT2D eigenvalue weighted by Gasteiger charge is 1.97. The van der Waals surface area contributed by atoms with E-state index in [4.69, 9.17) is 0 Å². The molecular formula is C8H12BrNS. The Balaban J connectivity index is 2.32. The van der Waals surface area contributed by atoms with Crippen molar-refractivity contribution in [3.8, 4) is 0 Å². The summed E-state index contributed by atoms with van der Waals surface area (Å²) >= 11 is 5.23. The van der Waals surface area contributed by atoms with Crippen molar-refractivity contribution in [2.45, 2.75) is 19.9 Å². The Morgan fingerprint density at radius 3 is 2.91 bits per heavy atom. The minimum Gasteiger partial charge on any atom is -0.313 e. The topological polar surface area (TPSA) is 12.0 Å². The number of thiophene rings is 1. The lowest BCUT2D eigenvalue weighted by molar-refractivity contribution is 0.675. The van der Waals surface area contributed by atoms with Crippen molar-refractivity contribution in [2.24, 2.45) is 0 Å². The maximum Gasteiger partial charge on any atom is 0.0327 e. The molecule has 0 amide bonds. The van der Waals surface area contributed by atoms with Gasteiger partial charge in [-0.25, -0.2) is 0 Å². The fraction of sp³-hybridized carbons (Fsp3) is 0.500. The van der Waals surface area contributed by atoms with Crippen LogP contribution in [0.2, 0.25) is 0 Å². The van der Waals surface area contributed by atoms with Crippen LogP contribution < -0.4 is 5.32 Å². The first kappa shape index (κ1) is 9.23. The van der Waals surface area contributed by atoms with Crippen LogP contribution in [-0.2, 0) is 6.54 Å². The molecular weight excluding hydrogens is 222 g/mol. The van der Waals surface area contributed by atoms with Gasteiger partial charge < -0.3 is 5.32 Å². The van der Waals surface area contributed by atoms with Crippen molar-refractivity contribution in [1.29, 1.82) is 0 Å². The number of nitrogens with one attached hydrogen (secondary N) is 1. The van der Waals surface area contributed by atoms with Crippen molar-refractivity contribution in [2.75, 3.05) is 6.54 Å². The van der Waals surface area contributed by atoms with E-state index in [0.717, 1.165) is 13.1 Å². The van der Waals surface area contributed by atoms with Crippen LogP contribution in [0.5, 0.6) is 0 Å². The van der Waals surface area contributed by atoms with Gasteiger partial charge in [0.25, 0.3) is 0 Å². The average molecular weight is 234 g/mol. The first-order valence-corrected chi connectivity index (χ1v) is 5.49. The second kappa shape index (κ2) is 4.91. The summed E-state index contributed by atoms with van der Waals surface area (Å²) in [5.41, 5.74) is 1.36. The second-order valence-electron chi connectivity index (χ2n) is 2.42. The summed E-state index contributed by atoms with van der Waals surface area (Å²) in [6, 6.07) is 0. The minimum absolute atomic E-state index is 0.984. The Kier molecular flexibility index (Phi) is 4.12. The van der Waals surface area contributed by atoms with Crippen LogP contribution in [0.25, 0.3) is 0 Å². The van der Waals surface area contributed by atoms with E-state index in [1.165, 1.54) is 16.5 Å². The molecule has 0 aliphatic rings. The average Bonchev–Trinajstić information content (AvgIpc) is 2.37. The SMILES string of the molecule is CCCNCc1cscc1Br. The molecule has 0 saturated heterocycles. The largest absolute Gasteiger partial charge is 0.313 e. The molecule has 1 aromatic rings. The van der Waals surface area contributed by atoms with E-state index in [9.17, 15) is 0 Å². The number of rotatable bonds is 4. The highest BCUT2D eigenvalue weighted by molar-refractivity contribution is 9.10. The Labute approximate surface area is 79.9 Å². The lowest BCUT2D eigenvalue weighted by atomic mass is 10.3. The molecule has 0 fully saturated rings. The Bertz CT molecular complexity index is 210. The Hall–Kier alpha value is 0.140. The normalized spacial score (nSPS) is 10.4. The van der Waals surface area contributed by atoms with Crippen molar-refractivity contribution < 1.29 is 0 Å². The third-order valence-corrected chi connectivity index (χ3v) is 3.26. The van der Waals surface area contributed by atoms with Gasteiger partial charge in [0.2, 0.25) is 0 Å². The maximum absolute atomic E-state index is 3.49. The smallest absolute Gasteiger partial charge is 0.0327 e. The highest BCUT2D eigenvalue weighted by atomic mass is 79.9. The van der Waals surface area contributed by atoms with Gasteiger partial charge in [-0.3, -0.25) is 0 Å². The Morgan fingerprint density at radius 1 is 1.55 bits per heavy atom. The molecule has 0 aromatic carbocycles. The van der Waals surface area contributed by atoms with Gasteiger partial charge in [0.1, 0.15) is 0 Å². The molecule has 1 N–H and O–H groups in total. The quantitative estimate of drug-likeness (QED) is 0.789. The molecule has 1 rings (SSSR count). The zero-order valence-corrected chi connectivity index (χ0v) is 8.96. The number of hydrogen-bond donors (Lipinski definition) is 1. The summed E-state index contributed by atoms with van der Waals surface area (Å²) in [6.45, 7) is 4.26. The zero-order valence-electron chi connectivity index (χ0n) is 6.56. The molecule has 3 heteroatoms. The van der Waals surface area contributed by atoms with Gasteiger partial charge in [-0.05, 0) is 39.8 Å². The fourth-order valence-corrected chi connectivity index (χ4v) is 2.28. The molecule has 0 spiro atoms. The molecule has 0 radical (unpaired) electrons. The predicted octanol–water partition coefficient (Wildman–Crippen LogP) is 3.01. The third kappa shape index (κ3) is 2.93. The molecule has 0 aliphatic carbocycles. The van der Waals surface area contributed by atoms with Gasteiger partial charge in [-0.2, -0.15) is 11.3 Å². The van der Waals surface area contributed by atoms with Crippen LogP contribution in [0.4, 0.5) is 0 Å². The van der Waals surface area contributed by atoms with E-state index in [2.05, 4.69) is 38.9 Å². The van der Waals surface area contributed by atoms with Gasteiger partial charge in [-0.15, -0.1) is 0 Å². The van der Waals surface area contributed by atoms with Crippen molar-refractivity contribution in [3.63, 3.8) is 0 Å². The minimum atomic E-state index is 0.984. The van der Waals surface area contributed by atoms with Crippen LogP contribution in [0.3, 0.4) is 0 Å². The summed E-state index contributed by atoms with van der Waals surface area (Å²) in [6.07, 6.45) is 1.20. The molecule has 0 unspecified atom stereocenters. The number of hydrogen-bond acceptors (Lipinski definition) is 2. The summed E-state index contributed by atoms with van der Waals surface area (Å²) in [5, 5.41) is 7.64. The number of halogens is 1. The van der Waals surface area contributed by atoms with Gasteiger partial charge in [0.15, 0.2) is 0 Å². The molecule has 0 aliphatic heterocycles. The van der Waals surface area contributed by atoms with Crippen LogP contribution in [0, 0.1) is 0 Å². The summed E-state index contributed by atoms with van der Waals surface area (Å²) in [4.78, 5) is 0. The van der Waals surface area contributed by atoms with E-state index in [1.807, 2.05) is 0 Å². The molecule has 1 aromatic heterocycles. The van der Waals surface area contributed by atoms with E-state index in [1.54, 1.807) is 11.3 Å². The van der Waals surface area contributed by atoms with E-state index in [0.29, 0.717) is 0 Å². The van der Waals surface area contributed by atoms with Crippen molar-refractivity contribution in [3.05, 3.63) is 20.8 Å². The molecule has 1 heterocycles. The first-order valence-electron chi connectivity index (χ1n) is 3.76. The molecule has 62 valence electrons. The van der Waals surface area contributed by atoms with Crippen molar-refractivity contribution >= 4 is 27.3 Å². The van der Waals surface area contributed by atoms with Crippen LogP contribution in [0.15, 0.2) is 15.2 Å². The van der Waals surface area contributed by atoms with E-state index >= 15 is 0 Å². The molecule has 11 heavy (non-hydrogen) atoms. The third-order valence-electron chi connectivity index (χ3n) is 1.43. The maximum atomic E-state index is 3.49. The highest BCUT2D eigenvalue weighted by Crippen LogP contribution is 2.20. The summed E-state index contributed by atoms with van der Waals surface area (Å²) in [7, 11) is 0. The second-order valence-corrected chi connectivity index (χ2v) is 4.02. The van der Waals surface area contributed by atoms with E-state index < -0.39 is 0 Å². The standard InChI is InChI=1S/C8H12BrNS/c1-2-3-10-4-7-5-11-6-8(7)9/h5-6,10H,2-4H2,1H3. The molecule has 0 saturated carbocycles. The van der Waals surface area contributed by atoms with Gasteiger partial charge >= 0.3 is 0 Å². The van der Waals surface area contributed by atoms with Gasteiger partial charge in [0.05, 0.1) is 0 Å². The predicted molar refractivity (Wildman–Crippen MR) is 54.0 cm³/mol. The van der Waals surface area contributed by atoms with Gasteiger partial charge in [0, 0.05) is 16.4 Å². The Morgan fingerprint density at radius 2 is 2.36 bits per heavy atom. The van der Waals surface area contributed by atoms with Crippen LogP contribution in [0.1, 0.15) is 18.9 Å². The lowest BCUT2D eigenvalue weighted by Crippen LogP contribution is -2.13. The van der Waals surface area contributed by atoms with Crippen LogP contribution in [-0.4, -0.2) is 6.54 Å². The van der Waals surface area contributed by atoms with Crippen LogP contribution >= 0.6 is 27.3 Å². The first-order chi connectivity index (χ1) is 5.34. The van der Waals surface area contributed by atoms with E-state index in [-0.39, 0.29) is 0 Å². The molecule has 0 atom stereocenters.